The third-order valence-corrected chi connectivity index (χ3v) is 2.67. The number of carbonyl (C=O) groups is 1. The third kappa shape index (κ3) is 2.77. The Hall–Kier alpha value is -2.42. The molecule has 1 unspecified atom stereocenters. The molecule has 0 saturated carbocycles. The first-order chi connectivity index (χ1) is 9.18. The minimum absolute atomic E-state index is 0.317. The van der Waals surface area contributed by atoms with E-state index in [-0.39, 0.29) is 11.2 Å². The van der Waals surface area contributed by atoms with Gasteiger partial charge in [-0.1, -0.05) is 0 Å². The normalized spacial score (nSPS) is 11.8. The lowest BCUT2D eigenvalue weighted by Gasteiger charge is -2.02. The van der Waals surface area contributed by atoms with Crippen LogP contribution in [0.1, 0.15) is 6.92 Å². The summed E-state index contributed by atoms with van der Waals surface area (Å²) in [5.41, 5.74) is 0.180. The van der Waals surface area contributed by atoms with Crippen molar-refractivity contribution in [2.45, 2.75) is 13.0 Å². The molecule has 0 aliphatic heterocycles. The summed E-state index contributed by atoms with van der Waals surface area (Å²) < 4.78 is 4.04. The second kappa shape index (κ2) is 5.70. The number of carboxylic acids is 1. The highest BCUT2D eigenvalue weighted by Gasteiger charge is 2.11. The summed E-state index contributed by atoms with van der Waals surface area (Å²) >= 11 is 0. The second-order valence-corrected chi connectivity index (χ2v) is 4.25. The van der Waals surface area contributed by atoms with Crippen LogP contribution in [-0.2, 0) is 25.9 Å². The summed E-state index contributed by atoms with van der Waals surface area (Å²) in [4.78, 5) is 36.6. The second-order valence-electron chi connectivity index (χ2n) is 4.25. The van der Waals surface area contributed by atoms with Gasteiger partial charge in [0.2, 0.25) is 0 Å². The molecule has 0 saturated heterocycles. The molecule has 9 nitrogen and oxygen atoms in total. The molecule has 2 N–H and O–H groups in total. The topological polar surface area (TPSA) is 119 Å². The maximum absolute atomic E-state index is 11.7. The van der Waals surface area contributed by atoms with Gasteiger partial charge in [0.1, 0.15) is 6.10 Å². The van der Waals surface area contributed by atoms with Crippen LogP contribution in [-0.4, -0.2) is 41.0 Å². The number of hydrogen-bond donors (Lipinski definition) is 2. The highest BCUT2D eigenvalue weighted by Crippen LogP contribution is 2.01. The summed E-state index contributed by atoms with van der Waals surface area (Å²) in [5, 5.41) is 15.8. The highest BCUT2D eigenvalue weighted by atomic mass is 16.4. The van der Waals surface area contributed by atoms with Crippen molar-refractivity contribution in [1.29, 1.82) is 0 Å². The average molecular weight is 284 g/mol. The van der Waals surface area contributed by atoms with E-state index in [4.69, 9.17) is 10.2 Å². The van der Waals surface area contributed by atoms with Crippen LogP contribution >= 0.6 is 0 Å². The molecule has 0 spiro atoms. The van der Waals surface area contributed by atoms with Crippen molar-refractivity contribution in [3.63, 3.8) is 0 Å². The molecule has 2 aromatic rings. The lowest BCUT2D eigenvalue weighted by Crippen LogP contribution is -2.37. The number of aromatic nitrogens is 4. The molecule has 0 bridgehead atoms. The van der Waals surface area contributed by atoms with E-state index in [2.05, 4.69) is 4.98 Å². The van der Waals surface area contributed by atoms with Gasteiger partial charge in [0, 0.05) is 21.1 Å². The Bertz CT molecular complexity index is 752. The number of nitrogens with zero attached hydrogens (tertiary/aromatic N) is 4. The molecule has 20 heavy (non-hydrogen) atoms. The van der Waals surface area contributed by atoms with E-state index in [9.17, 15) is 14.4 Å². The van der Waals surface area contributed by atoms with Crippen LogP contribution in [0.15, 0.2) is 15.9 Å². The first-order valence-corrected chi connectivity index (χ1v) is 5.66. The van der Waals surface area contributed by atoms with Crippen LogP contribution in [0, 0.1) is 0 Å². The average Bonchev–Trinajstić information content (AvgIpc) is 2.76. The molecular weight excluding hydrogens is 268 g/mol. The van der Waals surface area contributed by atoms with Crippen molar-refractivity contribution in [2.24, 2.45) is 21.1 Å². The largest absolute Gasteiger partial charge is 0.479 e. The van der Waals surface area contributed by atoms with Gasteiger partial charge in [0.25, 0.3) is 5.56 Å². The Morgan fingerprint density at radius 2 is 1.75 bits per heavy atom. The molecule has 2 heterocycles. The number of aliphatic carboxylic acids is 1. The lowest BCUT2D eigenvalue weighted by atomic mass is 10.4. The van der Waals surface area contributed by atoms with Crippen LogP contribution in [0.3, 0.4) is 0 Å². The molecule has 0 radical (unpaired) electrons. The fraction of sp³-hybridized carbons (Fsp3) is 0.455. The maximum atomic E-state index is 11.7. The molecule has 0 fully saturated rings. The Balaban J connectivity index is 0.000000286. The number of hydrogen-bond acceptors (Lipinski definition) is 5. The first kappa shape index (κ1) is 15.6. The molecule has 2 rings (SSSR count). The van der Waals surface area contributed by atoms with Crippen LogP contribution in [0.4, 0.5) is 0 Å². The van der Waals surface area contributed by atoms with E-state index < -0.39 is 12.1 Å². The molecule has 9 heteroatoms. The standard InChI is InChI=1S/C8H10N4O2.C3H6O3/c1-10-4-9-6-5(10)7(13)12(3)8(14)11(6)2;1-2(4)3(5)6/h4H,1-3H3;2,4H,1H3,(H,5,6). The number of imidazole rings is 1. The Kier molecular flexibility index (Phi) is 4.45. The molecule has 0 aromatic carbocycles. The summed E-state index contributed by atoms with van der Waals surface area (Å²) in [6.45, 7) is 1.20. The smallest absolute Gasteiger partial charge is 0.332 e. The van der Waals surface area contributed by atoms with Crippen LogP contribution < -0.4 is 11.2 Å². The van der Waals surface area contributed by atoms with Crippen molar-refractivity contribution >= 4 is 17.1 Å². The predicted molar refractivity (Wildman–Crippen MR) is 70.5 cm³/mol. The van der Waals surface area contributed by atoms with Crippen LogP contribution in [0.5, 0.6) is 0 Å². The van der Waals surface area contributed by atoms with Gasteiger partial charge in [-0.3, -0.25) is 13.9 Å². The first-order valence-electron chi connectivity index (χ1n) is 5.66. The van der Waals surface area contributed by atoms with E-state index in [1.807, 2.05) is 0 Å². The quantitative estimate of drug-likeness (QED) is 0.652. The number of fused-ring (bicyclic) bond motifs is 1. The maximum Gasteiger partial charge on any atom is 0.332 e. The zero-order valence-electron chi connectivity index (χ0n) is 11.6. The van der Waals surface area contributed by atoms with Crippen molar-refractivity contribution in [2.75, 3.05) is 0 Å². The Morgan fingerprint density at radius 3 is 2.20 bits per heavy atom. The van der Waals surface area contributed by atoms with Crippen molar-refractivity contribution in [1.82, 2.24) is 18.7 Å². The summed E-state index contributed by atoms with van der Waals surface area (Å²) in [6, 6.07) is 0. The van der Waals surface area contributed by atoms with E-state index in [1.165, 1.54) is 24.9 Å². The minimum Gasteiger partial charge on any atom is -0.479 e. The zero-order valence-corrected chi connectivity index (χ0v) is 11.6. The van der Waals surface area contributed by atoms with E-state index >= 15 is 0 Å². The van der Waals surface area contributed by atoms with Crippen molar-refractivity contribution in [3.05, 3.63) is 27.2 Å². The number of aliphatic hydroxyl groups is 1. The fourth-order valence-corrected chi connectivity index (χ4v) is 1.47. The van der Waals surface area contributed by atoms with Gasteiger partial charge in [0.05, 0.1) is 6.33 Å². The molecule has 1 atom stereocenters. The highest BCUT2D eigenvalue weighted by molar-refractivity contribution is 5.71. The summed E-state index contributed by atoms with van der Waals surface area (Å²) in [7, 11) is 4.77. The van der Waals surface area contributed by atoms with Gasteiger partial charge in [-0.15, -0.1) is 0 Å². The molecular formula is C11H16N4O5. The number of carboxylic acid groups (broad SMARTS) is 1. The van der Waals surface area contributed by atoms with Crippen LogP contribution in [0.2, 0.25) is 0 Å². The molecule has 0 aliphatic carbocycles. The van der Waals surface area contributed by atoms with Gasteiger partial charge in [-0.2, -0.15) is 0 Å². The molecule has 0 amide bonds. The molecule has 0 aliphatic rings. The number of aliphatic hydroxyl groups excluding tert-OH is 1. The zero-order chi connectivity index (χ0) is 15.6. The Morgan fingerprint density at radius 1 is 1.25 bits per heavy atom. The van der Waals surface area contributed by atoms with E-state index in [0.29, 0.717) is 11.2 Å². The van der Waals surface area contributed by atoms with Gasteiger partial charge < -0.3 is 14.8 Å². The number of aryl methyl sites for hydroxylation is 2. The fourth-order valence-electron chi connectivity index (χ4n) is 1.47. The van der Waals surface area contributed by atoms with Gasteiger partial charge in [-0.05, 0) is 6.92 Å². The van der Waals surface area contributed by atoms with E-state index in [1.54, 1.807) is 18.7 Å². The van der Waals surface area contributed by atoms with Crippen molar-refractivity contribution in [3.8, 4) is 0 Å². The van der Waals surface area contributed by atoms with Crippen LogP contribution in [0.25, 0.3) is 11.2 Å². The predicted octanol–water partition coefficient (Wildman–Crippen LogP) is -1.58. The van der Waals surface area contributed by atoms with Gasteiger partial charge in [-0.25, -0.2) is 14.6 Å². The Labute approximate surface area is 113 Å². The molecule has 2 aromatic heterocycles. The minimum atomic E-state index is -1.23. The van der Waals surface area contributed by atoms with Crippen molar-refractivity contribution < 1.29 is 15.0 Å². The van der Waals surface area contributed by atoms with Gasteiger partial charge >= 0.3 is 11.7 Å². The third-order valence-electron chi connectivity index (χ3n) is 2.67. The number of rotatable bonds is 1. The summed E-state index contributed by atoms with van der Waals surface area (Å²) in [6.07, 6.45) is 0.288. The van der Waals surface area contributed by atoms with E-state index in [0.717, 1.165) is 4.57 Å². The summed E-state index contributed by atoms with van der Waals surface area (Å²) in [5.74, 6) is -1.19. The SMILES string of the molecule is CC(O)C(=O)O.Cn1c(=O)c2c(ncn2C)n(C)c1=O. The van der Waals surface area contributed by atoms with Gasteiger partial charge in [0.15, 0.2) is 11.2 Å². The molecule has 110 valence electrons. The lowest BCUT2D eigenvalue weighted by molar-refractivity contribution is -0.145. The monoisotopic (exact) mass is 284 g/mol.